The summed E-state index contributed by atoms with van der Waals surface area (Å²) in [5, 5.41) is 14.9. The molecule has 1 unspecified atom stereocenters. The molecule has 36 heavy (non-hydrogen) atoms. The number of aliphatic hydroxyl groups is 1. The molecule has 0 amide bonds. The Balaban J connectivity index is 0.00000361. The first kappa shape index (κ1) is 28.8. The van der Waals surface area contributed by atoms with Crippen LogP contribution in [0.15, 0.2) is 96.4 Å². The van der Waals surface area contributed by atoms with Crippen molar-refractivity contribution >= 4 is 46.1 Å². The molecule has 0 aliphatic heterocycles. The van der Waals surface area contributed by atoms with Crippen LogP contribution in [0.5, 0.6) is 0 Å². The van der Waals surface area contributed by atoms with Gasteiger partial charge in [0.2, 0.25) is 0 Å². The van der Waals surface area contributed by atoms with E-state index in [0.717, 1.165) is 11.1 Å². The van der Waals surface area contributed by atoms with Crippen molar-refractivity contribution in [1.29, 1.82) is 0 Å². The van der Waals surface area contributed by atoms with Gasteiger partial charge in [0, 0.05) is 39.1 Å². The molecule has 4 rings (SSSR count). The van der Waals surface area contributed by atoms with Gasteiger partial charge in [0.25, 0.3) is 0 Å². The molecule has 0 fully saturated rings. The third kappa shape index (κ3) is 5.54. The van der Waals surface area contributed by atoms with Gasteiger partial charge < -0.3 is 5.11 Å². The Bertz CT molecular complexity index is 1190. The van der Waals surface area contributed by atoms with E-state index in [2.05, 4.69) is 43.3 Å². The number of Topliss-reactive ketones (excluding diaryl/α,β-unsaturated/α-hetero) is 2. The maximum Gasteiger partial charge on any atom is 0.198 e. The van der Waals surface area contributed by atoms with Crippen LogP contribution in [0.3, 0.4) is 0 Å². The van der Waals surface area contributed by atoms with Gasteiger partial charge >= 0.3 is 0 Å². The van der Waals surface area contributed by atoms with Crippen molar-refractivity contribution < 1.29 is 47.4 Å². The molecule has 181 valence electrons. The largest absolute Gasteiger partial charge is 0.388 e. The molecule has 0 saturated heterocycles. The van der Waals surface area contributed by atoms with Crippen molar-refractivity contribution in [2.75, 3.05) is 6.61 Å². The normalized spacial score (nSPS) is 12.0. The molecule has 4 aromatic rings. The fraction of sp³-hybridized carbons (Fsp3) is 0.200. The van der Waals surface area contributed by atoms with Crippen molar-refractivity contribution in [3.63, 3.8) is 0 Å². The van der Waals surface area contributed by atoms with Gasteiger partial charge in [-0.2, -0.15) is 0 Å². The predicted molar refractivity (Wildman–Crippen MR) is 148 cm³/mol. The number of benzene rings is 3. The Morgan fingerprint density at radius 3 is 1.67 bits per heavy atom. The number of hydrogen-bond donors (Lipinski definition) is 1. The van der Waals surface area contributed by atoms with Crippen molar-refractivity contribution in [2.24, 2.45) is 0 Å². The summed E-state index contributed by atoms with van der Waals surface area (Å²) in [5.41, 5.74) is 1.42. The molecule has 0 spiro atoms. The molecular formula is C30H30O3PSY+. The molecule has 0 bridgehead atoms. The topological polar surface area (TPSA) is 54.4 Å². The Labute approximate surface area is 243 Å². The van der Waals surface area contributed by atoms with Crippen LogP contribution in [0, 0.1) is 6.92 Å². The van der Waals surface area contributed by atoms with Gasteiger partial charge in [-0.25, -0.2) is 0 Å². The van der Waals surface area contributed by atoms with E-state index in [9.17, 15) is 14.7 Å². The van der Waals surface area contributed by atoms with Gasteiger partial charge in [-0.3, -0.25) is 9.59 Å². The minimum Gasteiger partial charge on any atom is -0.388 e. The van der Waals surface area contributed by atoms with Crippen LogP contribution >= 0.6 is 18.6 Å². The first-order chi connectivity index (χ1) is 17.0. The van der Waals surface area contributed by atoms with Crippen LogP contribution in [-0.4, -0.2) is 28.9 Å². The summed E-state index contributed by atoms with van der Waals surface area (Å²) in [6, 6.07) is 31.3. The van der Waals surface area contributed by atoms with Crippen molar-refractivity contribution in [3.8, 4) is 0 Å². The van der Waals surface area contributed by atoms with Gasteiger partial charge in [-0.15, -0.1) is 11.3 Å². The average Bonchev–Trinajstić information content (AvgIpc) is 3.27. The molecule has 0 aliphatic carbocycles. The predicted octanol–water partition coefficient (Wildman–Crippen LogP) is 5.11. The molecule has 3 aromatic carbocycles. The zero-order valence-electron chi connectivity index (χ0n) is 20.6. The summed E-state index contributed by atoms with van der Waals surface area (Å²) >= 11 is 1.31. The number of thiophene rings is 1. The fourth-order valence-electron chi connectivity index (χ4n) is 4.98. The summed E-state index contributed by atoms with van der Waals surface area (Å²) < 4.78 is 0. The van der Waals surface area contributed by atoms with Crippen LogP contribution in [0.1, 0.15) is 34.1 Å². The van der Waals surface area contributed by atoms with E-state index in [1.54, 1.807) is 0 Å². The third-order valence-corrected chi connectivity index (χ3v) is 12.7. The molecule has 3 nitrogen and oxygen atoms in total. The van der Waals surface area contributed by atoms with Gasteiger partial charge in [0.15, 0.2) is 11.6 Å². The zero-order valence-corrected chi connectivity index (χ0v) is 25.2. The second-order valence-electron chi connectivity index (χ2n) is 8.60. The number of carbonyl (C=O) groups excluding carboxylic acids is 2. The van der Waals surface area contributed by atoms with E-state index in [0.29, 0.717) is 11.3 Å². The Morgan fingerprint density at radius 1 is 0.833 bits per heavy atom. The molecular weight excluding hydrogens is 560 g/mol. The van der Waals surface area contributed by atoms with E-state index in [1.807, 2.05) is 66.9 Å². The zero-order chi connectivity index (χ0) is 24.8. The minimum absolute atomic E-state index is 0. The SMILES string of the molecule is CCC(C(=O)Cc1c(C)csc1C(=O)CO)[P+](c1ccccc1)(c1ccccc1)c1ccccc1.[Y]. The van der Waals surface area contributed by atoms with Crippen molar-refractivity contribution in [2.45, 2.75) is 32.3 Å². The number of aryl methyl sites for hydroxylation is 1. The Kier molecular flexibility index (Phi) is 10.5. The number of ketones is 2. The van der Waals surface area contributed by atoms with Crippen LogP contribution in [-0.2, 0) is 43.9 Å². The minimum atomic E-state index is -2.38. The number of aliphatic hydroxyl groups excluding tert-OH is 1. The maximum absolute atomic E-state index is 14.3. The van der Waals surface area contributed by atoms with Crippen LogP contribution < -0.4 is 15.9 Å². The quantitative estimate of drug-likeness (QED) is 0.206. The molecule has 1 atom stereocenters. The fourth-order valence-corrected chi connectivity index (χ4v) is 11.0. The van der Waals surface area contributed by atoms with E-state index in [1.165, 1.54) is 27.3 Å². The molecule has 0 aliphatic rings. The van der Waals surface area contributed by atoms with Crippen LogP contribution in [0.25, 0.3) is 0 Å². The van der Waals surface area contributed by atoms with Gasteiger partial charge in [-0.1, -0.05) is 61.5 Å². The average molecular weight is 591 g/mol. The first-order valence-electron chi connectivity index (χ1n) is 11.8. The first-order valence-corrected chi connectivity index (χ1v) is 14.6. The summed E-state index contributed by atoms with van der Waals surface area (Å²) in [5.74, 6) is -0.194. The van der Waals surface area contributed by atoms with Crippen molar-refractivity contribution in [3.05, 3.63) is 112 Å². The summed E-state index contributed by atoms with van der Waals surface area (Å²) in [7, 11) is -2.38. The molecule has 1 aromatic heterocycles. The van der Waals surface area contributed by atoms with E-state index in [4.69, 9.17) is 0 Å². The standard InChI is InChI=1S/C30H30O3PS.Y/c1-3-29(27(32)19-26-22(2)21-35-30(26)28(33)20-31)34(23-13-7-4-8-14-23,24-15-9-5-10-16-24)25-17-11-6-12-18-25;/h4-18,21,29,31H,3,19-20H2,1-2H3;/q+1;. The van der Waals surface area contributed by atoms with Gasteiger partial charge in [0.05, 0.1) is 4.88 Å². The van der Waals surface area contributed by atoms with Gasteiger partial charge in [-0.05, 0) is 66.2 Å². The molecule has 6 heteroatoms. The summed E-state index contributed by atoms with van der Waals surface area (Å²) in [4.78, 5) is 27.2. The number of rotatable bonds is 10. The number of hydrogen-bond acceptors (Lipinski definition) is 4. The number of carbonyl (C=O) groups is 2. The van der Waals surface area contributed by atoms with E-state index < -0.39 is 13.9 Å². The second kappa shape index (κ2) is 13.1. The Hall–Kier alpha value is -1.81. The van der Waals surface area contributed by atoms with Crippen molar-refractivity contribution in [1.82, 2.24) is 0 Å². The maximum atomic E-state index is 14.3. The molecule has 1 radical (unpaired) electrons. The molecule has 1 N–H and O–H groups in total. The molecule has 0 saturated carbocycles. The van der Waals surface area contributed by atoms with Gasteiger partial charge in [0.1, 0.15) is 35.4 Å². The monoisotopic (exact) mass is 590 g/mol. The second-order valence-corrected chi connectivity index (χ2v) is 13.1. The van der Waals surface area contributed by atoms with Crippen LogP contribution in [0.4, 0.5) is 0 Å². The molecule has 1 heterocycles. The smallest absolute Gasteiger partial charge is 0.198 e. The Morgan fingerprint density at radius 2 is 1.28 bits per heavy atom. The van der Waals surface area contributed by atoms with Crippen LogP contribution in [0.2, 0.25) is 0 Å². The van der Waals surface area contributed by atoms with E-state index in [-0.39, 0.29) is 56.4 Å². The summed E-state index contributed by atoms with van der Waals surface area (Å²) in [6.07, 6.45) is 0.862. The third-order valence-electron chi connectivity index (χ3n) is 6.57. The van der Waals surface area contributed by atoms with E-state index >= 15 is 0 Å². The summed E-state index contributed by atoms with van der Waals surface area (Å²) in [6.45, 7) is 3.47.